The highest BCUT2D eigenvalue weighted by Gasteiger charge is 2.51. The maximum absolute atomic E-state index is 12.7. The summed E-state index contributed by atoms with van der Waals surface area (Å²) < 4.78 is 0. The number of amides is 1. The fraction of sp³-hybridized carbons (Fsp3) is 0.650. The van der Waals surface area contributed by atoms with Crippen LogP contribution in [0, 0.1) is 24.7 Å². The second kappa shape index (κ2) is 5.54. The average molecular weight is 312 g/mol. The first-order valence-electron chi connectivity index (χ1n) is 9.17. The van der Waals surface area contributed by atoms with Crippen molar-refractivity contribution in [1.29, 1.82) is 0 Å². The van der Waals surface area contributed by atoms with Gasteiger partial charge in [0, 0.05) is 11.2 Å². The third kappa shape index (κ3) is 2.98. The number of rotatable bonds is 4. The predicted octanol–water partition coefficient (Wildman–Crippen LogP) is 3.88. The van der Waals surface area contributed by atoms with E-state index in [1.165, 1.54) is 44.1 Å². The average Bonchev–Trinajstić information content (AvgIpc) is 2.45. The van der Waals surface area contributed by atoms with E-state index < -0.39 is 0 Å². The molecule has 0 aliphatic heterocycles. The van der Waals surface area contributed by atoms with Crippen molar-refractivity contribution in [3.05, 3.63) is 29.8 Å². The summed E-state index contributed by atoms with van der Waals surface area (Å²) in [5, 5.41) is 6.81. The number of anilines is 1. The first-order chi connectivity index (χ1) is 11.0. The van der Waals surface area contributed by atoms with Gasteiger partial charge < -0.3 is 10.6 Å². The molecular weight excluding hydrogens is 284 g/mol. The number of hydrogen-bond acceptors (Lipinski definition) is 2. The van der Waals surface area contributed by atoms with Crippen molar-refractivity contribution in [3.8, 4) is 0 Å². The van der Waals surface area contributed by atoms with Crippen LogP contribution in [0.3, 0.4) is 0 Å². The lowest BCUT2D eigenvalue weighted by atomic mass is 9.53. The number of benzene rings is 1. The highest BCUT2D eigenvalue weighted by Crippen LogP contribution is 2.55. The summed E-state index contributed by atoms with van der Waals surface area (Å²) in [6.45, 7) is 4.05. The molecule has 4 bridgehead atoms. The Labute approximate surface area is 139 Å². The second-order valence-electron chi connectivity index (χ2n) is 8.42. The molecule has 4 aliphatic rings. The van der Waals surface area contributed by atoms with Crippen molar-refractivity contribution in [1.82, 2.24) is 5.32 Å². The van der Waals surface area contributed by atoms with Crippen LogP contribution in [0.5, 0.6) is 0 Å². The zero-order valence-electron chi connectivity index (χ0n) is 14.3. The van der Waals surface area contributed by atoms with E-state index in [0.717, 1.165) is 23.4 Å². The third-order valence-corrected chi connectivity index (χ3v) is 6.22. The van der Waals surface area contributed by atoms with Crippen LogP contribution in [-0.2, 0) is 4.79 Å². The van der Waals surface area contributed by atoms with E-state index in [2.05, 4.69) is 29.7 Å². The Morgan fingerprint density at radius 1 is 1.13 bits per heavy atom. The van der Waals surface area contributed by atoms with Crippen LogP contribution in [0.2, 0.25) is 0 Å². The SMILES string of the molecule is Cc1cccc(N[C@@H](C)C(=O)NC23CC4CC(CC(C4)C2)C3)c1. The minimum atomic E-state index is -0.190. The Hall–Kier alpha value is -1.51. The van der Waals surface area contributed by atoms with E-state index in [4.69, 9.17) is 0 Å². The molecule has 1 amide bonds. The number of nitrogens with one attached hydrogen (secondary N) is 2. The maximum atomic E-state index is 12.7. The smallest absolute Gasteiger partial charge is 0.242 e. The van der Waals surface area contributed by atoms with Gasteiger partial charge in [0.25, 0.3) is 0 Å². The van der Waals surface area contributed by atoms with Crippen LogP contribution < -0.4 is 10.6 Å². The molecule has 5 rings (SSSR count). The van der Waals surface area contributed by atoms with Gasteiger partial charge in [-0.25, -0.2) is 0 Å². The number of carbonyl (C=O) groups is 1. The molecule has 1 aromatic rings. The summed E-state index contributed by atoms with van der Waals surface area (Å²) in [6, 6.07) is 8.03. The Morgan fingerprint density at radius 3 is 2.30 bits per heavy atom. The molecule has 1 aromatic carbocycles. The Morgan fingerprint density at radius 2 is 1.74 bits per heavy atom. The van der Waals surface area contributed by atoms with E-state index in [9.17, 15) is 4.79 Å². The molecule has 1 atom stereocenters. The van der Waals surface area contributed by atoms with Crippen molar-refractivity contribution < 1.29 is 4.79 Å². The van der Waals surface area contributed by atoms with Crippen LogP contribution in [0.15, 0.2) is 24.3 Å². The van der Waals surface area contributed by atoms with Crippen molar-refractivity contribution in [2.45, 2.75) is 64.0 Å². The van der Waals surface area contributed by atoms with E-state index in [1.54, 1.807) is 0 Å². The topological polar surface area (TPSA) is 41.1 Å². The van der Waals surface area contributed by atoms with Gasteiger partial charge in [-0.05, 0) is 87.8 Å². The monoisotopic (exact) mass is 312 g/mol. The molecule has 124 valence electrons. The lowest BCUT2D eigenvalue weighted by molar-refractivity contribution is -0.127. The van der Waals surface area contributed by atoms with Crippen molar-refractivity contribution >= 4 is 11.6 Å². The van der Waals surface area contributed by atoms with Crippen molar-refractivity contribution in [2.24, 2.45) is 17.8 Å². The normalized spacial score (nSPS) is 35.8. The number of hydrogen-bond donors (Lipinski definition) is 2. The standard InChI is InChI=1S/C20H28N2O/c1-13-4-3-5-18(6-13)21-14(2)19(23)22-20-10-15-7-16(11-20)9-17(8-15)12-20/h3-6,14-17,21H,7-12H2,1-2H3,(H,22,23)/t14-,15?,16?,17?,20?/m0/s1. The van der Waals surface area contributed by atoms with Crippen LogP contribution in [-0.4, -0.2) is 17.5 Å². The second-order valence-corrected chi connectivity index (χ2v) is 8.42. The fourth-order valence-corrected chi connectivity index (χ4v) is 5.68. The predicted molar refractivity (Wildman–Crippen MR) is 93.3 cm³/mol. The lowest BCUT2D eigenvalue weighted by Gasteiger charge is -2.57. The molecular formula is C20H28N2O. The highest BCUT2D eigenvalue weighted by atomic mass is 16.2. The first kappa shape index (κ1) is 15.0. The molecule has 0 aromatic heterocycles. The van der Waals surface area contributed by atoms with Gasteiger partial charge in [0.15, 0.2) is 0 Å². The molecule has 4 fully saturated rings. The molecule has 0 unspecified atom stereocenters. The summed E-state index contributed by atoms with van der Waals surface area (Å²) in [7, 11) is 0. The van der Waals surface area contributed by atoms with Crippen LogP contribution in [0.4, 0.5) is 5.69 Å². The van der Waals surface area contributed by atoms with Gasteiger partial charge >= 0.3 is 0 Å². The van der Waals surface area contributed by atoms with Crippen molar-refractivity contribution in [3.63, 3.8) is 0 Å². The molecule has 4 saturated carbocycles. The molecule has 0 heterocycles. The van der Waals surface area contributed by atoms with E-state index in [0.29, 0.717) is 0 Å². The summed E-state index contributed by atoms with van der Waals surface area (Å²) in [5.41, 5.74) is 2.34. The number of aryl methyl sites for hydroxylation is 1. The summed E-state index contributed by atoms with van der Waals surface area (Å²) in [4.78, 5) is 12.7. The minimum absolute atomic E-state index is 0.106. The minimum Gasteiger partial charge on any atom is -0.374 e. The van der Waals surface area contributed by atoms with E-state index in [-0.39, 0.29) is 17.5 Å². The van der Waals surface area contributed by atoms with Crippen LogP contribution in [0.1, 0.15) is 51.0 Å². The largest absolute Gasteiger partial charge is 0.374 e. The van der Waals surface area contributed by atoms with Gasteiger partial charge in [-0.3, -0.25) is 4.79 Å². The summed E-state index contributed by atoms with van der Waals surface area (Å²) >= 11 is 0. The Bertz CT molecular complexity index is 574. The van der Waals surface area contributed by atoms with Gasteiger partial charge in [-0.2, -0.15) is 0 Å². The molecule has 0 spiro atoms. The van der Waals surface area contributed by atoms with E-state index in [1.807, 2.05) is 19.1 Å². The Kier molecular flexibility index (Phi) is 3.62. The van der Waals surface area contributed by atoms with Crippen LogP contribution in [0.25, 0.3) is 0 Å². The van der Waals surface area contributed by atoms with Gasteiger partial charge in [0.05, 0.1) is 0 Å². The van der Waals surface area contributed by atoms with E-state index >= 15 is 0 Å². The zero-order valence-corrected chi connectivity index (χ0v) is 14.3. The quantitative estimate of drug-likeness (QED) is 0.886. The van der Waals surface area contributed by atoms with Crippen LogP contribution >= 0.6 is 0 Å². The van der Waals surface area contributed by atoms with Gasteiger partial charge in [-0.1, -0.05) is 12.1 Å². The summed E-state index contributed by atoms with van der Waals surface area (Å²) in [6.07, 6.45) is 7.86. The van der Waals surface area contributed by atoms with Gasteiger partial charge in [-0.15, -0.1) is 0 Å². The molecule has 3 heteroatoms. The molecule has 3 nitrogen and oxygen atoms in total. The van der Waals surface area contributed by atoms with Gasteiger partial charge in [0.2, 0.25) is 5.91 Å². The third-order valence-electron chi connectivity index (χ3n) is 6.22. The fourth-order valence-electron chi connectivity index (χ4n) is 5.68. The molecule has 4 aliphatic carbocycles. The summed E-state index contributed by atoms with van der Waals surface area (Å²) in [5.74, 6) is 2.75. The molecule has 2 N–H and O–H groups in total. The molecule has 0 saturated heterocycles. The first-order valence-corrected chi connectivity index (χ1v) is 9.17. The Balaban J connectivity index is 1.41. The zero-order chi connectivity index (χ0) is 16.0. The van der Waals surface area contributed by atoms with Gasteiger partial charge in [0.1, 0.15) is 6.04 Å². The molecule has 0 radical (unpaired) electrons. The lowest BCUT2D eigenvalue weighted by Crippen LogP contribution is -2.61. The maximum Gasteiger partial charge on any atom is 0.242 e. The highest BCUT2D eigenvalue weighted by molar-refractivity contribution is 5.85. The molecule has 23 heavy (non-hydrogen) atoms. The van der Waals surface area contributed by atoms with Crippen molar-refractivity contribution in [2.75, 3.05) is 5.32 Å². The number of carbonyl (C=O) groups excluding carboxylic acids is 1.